The lowest BCUT2D eigenvalue weighted by Gasteiger charge is -2.33. The molecule has 0 unspecified atom stereocenters. The molecule has 0 spiro atoms. The van der Waals surface area contributed by atoms with Crippen molar-refractivity contribution < 1.29 is 8.78 Å². The zero-order valence-corrected chi connectivity index (χ0v) is 19.7. The molecule has 3 rings (SSSR count). The molecule has 7 heteroatoms. The van der Waals surface area contributed by atoms with Crippen molar-refractivity contribution in [1.29, 1.82) is 0 Å². The minimum Gasteiger partial charge on any atom is -0.357 e. The van der Waals surface area contributed by atoms with Gasteiger partial charge in [-0.15, -0.1) is 24.0 Å². The first kappa shape index (κ1) is 24.5. The molecule has 2 N–H and O–H groups in total. The van der Waals surface area contributed by atoms with E-state index in [-0.39, 0.29) is 24.0 Å². The van der Waals surface area contributed by atoms with Crippen LogP contribution in [0.15, 0.2) is 53.5 Å². The molecule has 1 fully saturated rings. The third kappa shape index (κ3) is 8.18. The summed E-state index contributed by atoms with van der Waals surface area (Å²) in [6, 6.07) is 14.6. The van der Waals surface area contributed by atoms with Crippen LogP contribution < -0.4 is 10.6 Å². The van der Waals surface area contributed by atoms with E-state index in [0.717, 1.165) is 51.0 Å². The zero-order valence-electron chi connectivity index (χ0n) is 17.4. The smallest absolute Gasteiger partial charge is 0.191 e. The molecule has 2 aromatic rings. The van der Waals surface area contributed by atoms with Crippen LogP contribution in [0.2, 0.25) is 0 Å². The second kappa shape index (κ2) is 12.8. The van der Waals surface area contributed by atoms with Crippen LogP contribution in [0.4, 0.5) is 8.78 Å². The maximum Gasteiger partial charge on any atom is 0.191 e. The molecule has 0 radical (unpaired) electrons. The Labute approximate surface area is 195 Å². The monoisotopic (exact) mass is 528 g/mol. The summed E-state index contributed by atoms with van der Waals surface area (Å²) < 4.78 is 26.6. The van der Waals surface area contributed by atoms with E-state index >= 15 is 0 Å². The summed E-state index contributed by atoms with van der Waals surface area (Å²) >= 11 is 0. The molecule has 30 heavy (non-hydrogen) atoms. The molecule has 0 amide bonds. The number of hydrogen-bond acceptors (Lipinski definition) is 2. The Morgan fingerprint density at radius 2 is 1.70 bits per heavy atom. The number of likely N-dealkylation sites (tertiary alicyclic amines) is 1. The van der Waals surface area contributed by atoms with E-state index < -0.39 is 11.6 Å². The van der Waals surface area contributed by atoms with Gasteiger partial charge in [-0.2, -0.15) is 0 Å². The van der Waals surface area contributed by atoms with Gasteiger partial charge in [-0.1, -0.05) is 30.3 Å². The van der Waals surface area contributed by atoms with Crippen LogP contribution >= 0.6 is 24.0 Å². The number of piperidine rings is 1. The Bertz CT molecular complexity index is 773. The van der Waals surface area contributed by atoms with Gasteiger partial charge in [-0.3, -0.25) is 9.89 Å². The van der Waals surface area contributed by atoms with Gasteiger partial charge in [0.25, 0.3) is 0 Å². The van der Waals surface area contributed by atoms with E-state index in [1.807, 2.05) is 13.0 Å². The molecule has 0 saturated carbocycles. The lowest BCUT2D eigenvalue weighted by atomic mass is 10.0. The van der Waals surface area contributed by atoms with Gasteiger partial charge in [-0.25, -0.2) is 8.78 Å². The van der Waals surface area contributed by atoms with Crippen molar-refractivity contribution in [3.63, 3.8) is 0 Å². The van der Waals surface area contributed by atoms with Gasteiger partial charge in [0.1, 0.15) is 11.6 Å². The number of rotatable bonds is 7. The standard InChI is InChI=1S/C23H30F2N4.HI/c1-2-26-23(27-11-8-19-14-20(24)16-21(25)15-19)28-22-9-12-29(13-10-22)17-18-6-4-3-5-7-18;/h3-7,14-16,22H,2,8-13,17H2,1H3,(H2,26,27,28);1H. The first-order chi connectivity index (χ1) is 14.1. The highest BCUT2D eigenvalue weighted by Gasteiger charge is 2.20. The normalized spacial score (nSPS) is 15.5. The van der Waals surface area contributed by atoms with Gasteiger partial charge >= 0.3 is 0 Å². The van der Waals surface area contributed by atoms with Gasteiger partial charge in [0.2, 0.25) is 0 Å². The van der Waals surface area contributed by atoms with Crippen LogP contribution in [0.5, 0.6) is 0 Å². The second-order valence-electron chi connectivity index (χ2n) is 7.47. The Hall–Kier alpha value is -1.74. The van der Waals surface area contributed by atoms with Crippen molar-refractivity contribution in [3.05, 3.63) is 71.3 Å². The first-order valence-electron chi connectivity index (χ1n) is 10.4. The molecule has 1 aliphatic heterocycles. The Morgan fingerprint density at radius 3 is 2.33 bits per heavy atom. The predicted molar refractivity (Wildman–Crippen MR) is 129 cm³/mol. The number of nitrogens with one attached hydrogen (secondary N) is 2. The van der Waals surface area contributed by atoms with E-state index in [1.54, 1.807) is 0 Å². The van der Waals surface area contributed by atoms with E-state index in [1.165, 1.54) is 17.7 Å². The number of halogens is 3. The van der Waals surface area contributed by atoms with E-state index in [4.69, 9.17) is 0 Å². The third-order valence-corrected chi connectivity index (χ3v) is 5.11. The Kier molecular flexibility index (Phi) is 10.5. The molecular weight excluding hydrogens is 497 g/mol. The van der Waals surface area contributed by atoms with Crippen molar-refractivity contribution in [3.8, 4) is 0 Å². The van der Waals surface area contributed by atoms with Crippen LogP contribution in [0, 0.1) is 11.6 Å². The van der Waals surface area contributed by atoms with Crippen LogP contribution in [0.25, 0.3) is 0 Å². The summed E-state index contributed by atoms with van der Waals surface area (Å²) in [5.74, 6) is -0.321. The highest BCUT2D eigenvalue weighted by atomic mass is 127. The van der Waals surface area contributed by atoms with Crippen molar-refractivity contribution >= 4 is 29.9 Å². The largest absolute Gasteiger partial charge is 0.357 e. The molecule has 0 aliphatic carbocycles. The SMILES string of the molecule is CCNC(=NCCc1cc(F)cc(F)c1)NC1CCN(Cc2ccccc2)CC1.I. The predicted octanol–water partition coefficient (Wildman–Crippen LogP) is 4.35. The molecule has 0 aromatic heterocycles. The maximum atomic E-state index is 13.3. The summed E-state index contributed by atoms with van der Waals surface area (Å²) in [5.41, 5.74) is 1.97. The van der Waals surface area contributed by atoms with Gasteiger partial charge in [0, 0.05) is 44.8 Å². The number of hydrogen-bond donors (Lipinski definition) is 2. The minimum atomic E-state index is -0.545. The second-order valence-corrected chi connectivity index (χ2v) is 7.47. The first-order valence-corrected chi connectivity index (χ1v) is 10.4. The topological polar surface area (TPSA) is 39.7 Å². The van der Waals surface area contributed by atoms with Gasteiger partial charge in [0.15, 0.2) is 5.96 Å². The number of benzene rings is 2. The molecule has 0 atom stereocenters. The molecule has 1 saturated heterocycles. The summed E-state index contributed by atoms with van der Waals surface area (Å²) in [6.07, 6.45) is 2.62. The quantitative estimate of drug-likeness (QED) is 0.319. The van der Waals surface area contributed by atoms with Gasteiger partial charge < -0.3 is 10.6 Å². The number of aliphatic imine (C=N–C) groups is 1. The lowest BCUT2D eigenvalue weighted by molar-refractivity contribution is 0.198. The highest BCUT2D eigenvalue weighted by molar-refractivity contribution is 14.0. The molecule has 1 aliphatic rings. The summed E-state index contributed by atoms with van der Waals surface area (Å²) in [7, 11) is 0. The third-order valence-electron chi connectivity index (χ3n) is 5.11. The summed E-state index contributed by atoms with van der Waals surface area (Å²) in [6.45, 7) is 6.37. The summed E-state index contributed by atoms with van der Waals surface area (Å²) in [4.78, 5) is 7.07. The van der Waals surface area contributed by atoms with Gasteiger partial charge in [0.05, 0.1) is 0 Å². The van der Waals surface area contributed by atoms with Crippen molar-refractivity contribution in [2.24, 2.45) is 4.99 Å². The fraction of sp³-hybridized carbons (Fsp3) is 0.435. The van der Waals surface area contributed by atoms with Crippen LogP contribution in [-0.4, -0.2) is 43.1 Å². The zero-order chi connectivity index (χ0) is 20.5. The molecule has 1 heterocycles. The molecule has 4 nitrogen and oxygen atoms in total. The fourth-order valence-corrected chi connectivity index (χ4v) is 3.64. The lowest BCUT2D eigenvalue weighted by Crippen LogP contribution is -2.48. The fourth-order valence-electron chi connectivity index (χ4n) is 3.64. The Balaban J connectivity index is 0.00000320. The van der Waals surface area contributed by atoms with Crippen molar-refractivity contribution in [2.75, 3.05) is 26.2 Å². The highest BCUT2D eigenvalue weighted by Crippen LogP contribution is 2.14. The van der Waals surface area contributed by atoms with E-state index in [2.05, 4.69) is 44.8 Å². The average Bonchev–Trinajstić information content (AvgIpc) is 2.70. The van der Waals surface area contributed by atoms with E-state index in [0.29, 0.717) is 24.6 Å². The minimum absolute atomic E-state index is 0. The van der Waals surface area contributed by atoms with Crippen LogP contribution in [0.3, 0.4) is 0 Å². The molecular formula is C23H31F2IN4. The molecule has 2 aromatic carbocycles. The molecule has 0 bridgehead atoms. The summed E-state index contributed by atoms with van der Waals surface area (Å²) in [5, 5.41) is 6.78. The average molecular weight is 528 g/mol. The van der Waals surface area contributed by atoms with Crippen LogP contribution in [0.1, 0.15) is 30.9 Å². The van der Waals surface area contributed by atoms with Crippen molar-refractivity contribution in [1.82, 2.24) is 15.5 Å². The Morgan fingerprint density at radius 1 is 1.03 bits per heavy atom. The van der Waals surface area contributed by atoms with Crippen molar-refractivity contribution in [2.45, 2.75) is 38.8 Å². The molecule has 164 valence electrons. The number of guanidine groups is 1. The van der Waals surface area contributed by atoms with Gasteiger partial charge in [-0.05, 0) is 49.4 Å². The van der Waals surface area contributed by atoms with Crippen LogP contribution in [-0.2, 0) is 13.0 Å². The number of nitrogens with zero attached hydrogens (tertiary/aromatic N) is 2. The maximum absolute atomic E-state index is 13.3. The van der Waals surface area contributed by atoms with E-state index in [9.17, 15) is 8.78 Å².